The summed E-state index contributed by atoms with van der Waals surface area (Å²) in [7, 11) is 0. The molecule has 0 saturated carbocycles. The molecule has 114 valence electrons. The van der Waals surface area contributed by atoms with Gasteiger partial charge in [-0.3, -0.25) is 4.90 Å². The molecule has 4 heteroatoms. The van der Waals surface area contributed by atoms with Crippen molar-refractivity contribution in [1.82, 2.24) is 15.1 Å². The van der Waals surface area contributed by atoms with Crippen LogP contribution in [0.25, 0.3) is 0 Å². The van der Waals surface area contributed by atoms with E-state index in [0.29, 0.717) is 0 Å². The first-order valence-electron chi connectivity index (χ1n) is 8.04. The molecule has 1 aromatic heterocycles. The van der Waals surface area contributed by atoms with Gasteiger partial charge in [-0.1, -0.05) is 13.8 Å². The fourth-order valence-corrected chi connectivity index (χ4v) is 2.77. The number of hydrogen-bond acceptors (Lipinski definition) is 4. The Balaban J connectivity index is 1.78. The van der Waals surface area contributed by atoms with Crippen LogP contribution in [0.2, 0.25) is 0 Å². The zero-order valence-corrected chi connectivity index (χ0v) is 13.0. The minimum absolute atomic E-state index is 0.853. The molecule has 1 N–H and O–H groups in total. The van der Waals surface area contributed by atoms with Crippen LogP contribution in [0, 0.1) is 0 Å². The van der Waals surface area contributed by atoms with Crippen LogP contribution in [0.3, 0.4) is 0 Å². The molecular formula is C16H29N3O. The number of rotatable bonds is 8. The maximum Gasteiger partial charge on any atom is 0.122 e. The molecule has 1 saturated heterocycles. The second-order valence-corrected chi connectivity index (χ2v) is 5.66. The maximum atomic E-state index is 5.61. The van der Waals surface area contributed by atoms with Crippen molar-refractivity contribution < 1.29 is 4.42 Å². The molecule has 1 aliphatic rings. The Morgan fingerprint density at radius 1 is 1.10 bits per heavy atom. The van der Waals surface area contributed by atoms with Gasteiger partial charge in [0.15, 0.2) is 0 Å². The molecule has 2 rings (SSSR count). The number of hydrogen-bond donors (Lipinski definition) is 1. The molecule has 2 heterocycles. The van der Waals surface area contributed by atoms with Crippen molar-refractivity contribution in [2.45, 2.75) is 39.8 Å². The van der Waals surface area contributed by atoms with Crippen LogP contribution in [0.5, 0.6) is 0 Å². The zero-order chi connectivity index (χ0) is 14.2. The Labute approximate surface area is 123 Å². The summed E-state index contributed by atoms with van der Waals surface area (Å²) in [5.41, 5.74) is 1.34. The van der Waals surface area contributed by atoms with Gasteiger partial charge in [-0.25, -0.2) is 0 Å². The lowest BCUT2D eigenvalue weighted by Crippen LogP contribution is -2.46. The van der Waals surface area contributed by atoms with E-state index in [2.05, 4.69) is 35.0 Å². The monoisotopic (exact) mass is 279 g/mol. The summed E-state index contributed by atoms with van der Waals surface area (Å²) in [5, 5.41) is 3.42. The fourth-order valence-electron chi connectivity index (χ4n) is 2.77. The lowest BCUT2D eigenvalue weighted by atomic mass is 10.2. The van der Waals surface area contributed by atoms with E-state index in [9.17, 15) is 0 Å². The van der Waals surface area contributed by atoms with Crippen molar-refractivity contribution in [3.05, 3.63) is 23.7 Å². The lowest BCUT2D eigenvalue weighted by molar-refractivity contribution is 0.127. The van der Waals surface area contributed by atoms with Crippen LogP contribution < -0.4 is 5.32 Å². The number of piperazine rings is 1. The van der Waals surface area contributed by atoms with Gasteiger partial charge >= 0.3 is 0 Å². The van der Waals surface area contributed by atoms with Crippen molar-refractivity contribution in [1.29, 1.82) is 0 Å². The average molecular weight is 279 g/mol. The largest absolute Gasteiger partial charge is 0.468 e. The van der Waals surface area contributed by atoms with Crippen molar-refractivity contribution >= 4 is 0 Å². The molecule has 0 bridgehead atoms. The summed E-state index contributed by atoms with van der Waals surface area (Å²) in [4.78, 5) is 5.11. The van der Waals surface area contributed by atoms with Gasteiger partial charge in [-0.15, -0.1) is 0 Å². The smallest absolute Gasteiger partial charge is 0.122 e. The van der Waals surface area contributed by atoms with E-state index in [1.807, 2.05) is 6.26 Å². The van der Waals surface area contributed by atoms with Crippen LogP contribution in [-0.4, -0.2) is 49.1 Å². The second-order valence-electron chi connectivity index (χ2n) is 5.66. The van der Waals surface area contributed by atoms with Gasteiger partial charge in [-0.2, -0.15) is 0 Å². The molecule has 1 aliphatic heterocycles. The maximum absolute atomic E-state index is 5.61. The van der Waals surface area contributed by atoms with E-state index in [1.54, 1.807) is 0 Å². The summed E-state index contributed by atoms with van der Waals surface area (Å²) in [5.74, 6) is 1.11. The third kappa shape index (κ3) is 4.62. The van der Waals surface area contributed by atoms with E-state index < -0.39 is 0 Å². The first-order chi connectivity index (χ1) is 9.83. The Hall–Kier alpha value is -0.840. The number of furan rings is 1. The van der Waals surface area contributed by atoms with Gasteiger partial charge in [0.2, 0.25) is 0 Å². The molecular weight excluding hydrogens is 250 g/mol. The van der Waals surface area contributed by atoms with Crippen LogP contribution in [0.4, 0.5) is 0 Å². The third-order valence-electron chi connectivity index (χ3n) is 3.95. The number of nitrogens with one attached hydrogen (secondary N) is 1. The summed E-state index contributed by atoms with van der Waals surface area (Å²) >= 11 is 0. The first kappa shape index (κ1) is 15.5. The van der Waals surface area contributed by atoms with Crippen molar-refractivity contribution in [3.8, 4) is 0 Å². The molecule has 0 radical (unpaired) electrons. The van der Waals surface area contributed by atoms with Gasteiger partial charge in [0.1, 0.15) is 5.76 Å². The van der Waals surface area contributed by atoms with Crippen molar-refractivity contribution in [2.24, 2.45) is 0 Å². The van der Waals surface area contributed by atoms with E-state index >= 15 is 0 Å². The highest BCUT2D eigenvalue weighted by Crippen LogP contribution is 2.15. The Bertz CT molecular complexity index is 370. The van der Waals surface area contributed by atoms with Crippen LogP contribution in [0.1, 0.15) is 38.0 Å². The lowest BCUT2D eigenvalue weighted by Gasteiger charge is -2.34. The summed E-state index contributed by atoms with van der Waals surface area (Å²) < 4.78 is 5.61. The summed E-state index contributed by atoms with van der Waals surface area (Å²) in [6.07, 6.45) is 4.25. The zero-order valence-electron chi connectivity index (χ0n) is 13.0. The van der Waals surface area contributed by atoms with Crippen LogP contribution in [-0.2, 0) is 13.1 Å². The van der Waals surface area contributed by atoms with Gasteiger partial charge in [0.05, 0.1) is 12.8 Å². The summed E-state index contributed by atoms with van der Waals surface area (Å²) in [6.45, 7) is 13.4. The normalized spacial score (nSPS) is 17.7. The van der Waals surface area contributed by atoms with Gasteiger partial charge in [-0.05, 0) is 32.0 Å². The average Bonchev–Trinajstić information content (AvgIpc) is 2.89. The number of nitrogens with zero attached hydrogens (tertiary/aromatic N) is 2. The minimum atomic E-state index is 0.853. The fraction of sp³-hybridized carbons (Fsp3) is 0.750. The van der Waals surface area contributed by atoms with Crippen LogP contribution in [0.15, 0.2) is 16.7 Å². The standard InChI is InChI=1S/C16H29N3O/c1-3-6-17-13-16-15(5-12-20-16)14-19-10-8-18(7-4-2)9-11-19/h5,12,17H,3-4,6-11,13-14H2,1-2H3. The Morgan fingerprint density at radius 2 is 1.85 bits per heavy atom. The third-order valence-corrected chi connectivity index (χ3v) is 3.95. The molecule has 4 nitrogen and oxygen atoms in total. The molecule has 1 fully saturated rings. The molecule has 20 heavy (non-hydrogen) atoms. The van der Waals surface area contributed by atoms with Crippen molar-refractivity contribution in [3.63, 3.8) is 0 Å². The van der Waals surface area contributed by atoms with Gasteiger partial charge in [0, 0.05) is 38.3 Å². The second kappa shape index (κ2) is 8.45. The topological polar surface area (TPSA) is 31.7 Å². The quantitative estimate of drug-likeness (QED) is 0.740. The minimum Gasteiger partial charge on any atom is -0.468 e. The molecule has 0 aromatic carbocycles. The molecule has 0 aliphatic carbocycles. The predicted octanol–water partition coefficient (Wildman–Crippen LogP) is 2.31. The molecule has 0 amide bonds. The highest BCUT2D eigenvalue weighted by molar-refractivity contribution is 5.17. The summed E-state index contributed by atoms with van der Waals surface area (Å²) in [6, 6.07) is 2.13. The van der Waals surface area contributed by atoms with E-state index in [4.69, 9.17) is 4.42 Å². The van der Waals surface area contributed by atoms with Crippen LogP contribution >= 0.6 is 0 Å². The predicted molar refractivity (Wildman–Crippen MR) is 82.7 cm³/mol. The van der Waals surface area contributed by atoms with E-state index in [0.717, 1.165) is 31.8 Å². The molecule has 0 unspecified atom stereocenters. The van der Waals surface area contributed by atoms with Gasteiger partial charge in [0.25, 0.3) is 0 Å². The van der Waals surface area contributed by atoms with E-state index in [-0.39, 0.29) is 0 Å². The van der Waals surface area contributed by atoms with Crippen molar-refractivity contribution in [2.75, 3.05) is 39.3 Å². The van der Waals surface area contributed by atoms with E-state index in [1.165, 1.54) is 44.7 Å². The Morgan fingerprint density at radius 3 is 2.55 bits per heavy atom. The molecule has 1 aromatic rings. The SMILES string of the molecule is CCCNCc1occc1CN1CCN(CCC)CC1. The van der Waals surface area contributed by atoms with Gasteiger partial charge < -0.3 is 14.6 Å². The highest BCUT2D eigenvalue weighted by atomic mass is 16.3. The molecule has 0 spiro atoms. The molecule has 0 atom stereocenters. The Kier molecular flexibility index (Phi) is 6.57. The first-order valence-corrected chi connectivity index (χ1v) is 8.04. The highest BCUT2D eigenvalue weighted by Gasteiger charge is 2.17.